The molecule has 0 nitrogen and oxygen atoms in total. The minimum absolute atomic E-state index is 0.0973. The van der Waals surface area contributed by atoms with Crippen molar-refractivity contribution in [3.63, 3.8) is 0 Å². The Morgan fingerprint density at radius 1 is 0.952 bits per heavy atom. The molecule has 21 heavy (non-hydrogen) atoms. The Bertz CT molecular complexity index is 619. The molecule has 0 aromatic heterocycles. The first-order valence-electron chi connectivity index (χ1n) is 6.03. The molecule has 0 spiro atoms. The predicted molar refractivity (Wildman–Crippen MR) is 70.1 cm³/mol. The molecule has 6 heteroatoms. The SMILES string of the molecule is Fc1ccc(CC(Cl)c2cccc(C(F)(F)F)c2F)cc1. The molecule has 0 bridgehead atoms. The molecule has 0 aliphatic heterocycles. The van der Waals surface area contributed by atoms with E-state index in [-0.39, 0.29) is 12.0 Å². The second-order valence-corrected chi connectivity index (χ2v) is 5.03. The summed E-state index contributed by atoms with van der Waals surface area (Å²) >= 11 is 6.01. The minimum Gasteiger partial charge on any atom is -0.207 e. The van der Waals surface area contributed by atoms with Gasteiger partial charge in [0.15, 0.2) is 0 Å². The third-order valence-corrected chi connectivity index (χ3v) is 3.39. The molecule has 0 radical (unpaired) electrons. The summed E-state index contributed by atoms with van der Waals surface area (Å²) in [6.07, 6.45) is -4.67. The van der Waals surface area contributed by atoms with Crippen molar-refractivity contribution in [3.05, 3.63) is 70.8 Å². The van der Waals surface area contributed by atoms with Crippen LogP contribution in [0.25, 0.3) is 0 Å². The first kappa shape index (κ1) is 15.8. The third-order valence-electron chi connectivity index (χ3n) is 3.00. The summed E-state index contributed by atoms with van der Waals surface area (Å²) in [6.45, 7) is 0. The minimum atomic E-state index is -4.77. The van der Waals surface area contributed by atoms with Crippen LogP contribution in [0.1, 0.15) is 22.1 Å². The number of rotatable bonds is 3. The molecule has 0 amide bonds. The van der Waals surface area contributed by atoms with E-state index in [0.717, 1.165) is 6.07 Å². The Kier molecular flexibility index (Phi) is 4.52. The molecule has 2 aromatic carbocycles. The van der Waals surface area contributed by atoms with E-state index in [1.165, 1.54) is 30.3 Å². The van der Waals surface area contributed by atoms with Gasteiger partial charge in [-0.3, -0.25) is 0 Å². The van der Waals surface area contributed by atoms with Gasteiger partial charge in [0.05, 0.1) is 10.9 Å². The fourth-order valence-electron chi connectivity index (χ4n) is 1.95. The average molecular weight is 321 g/mol. The number of benzene rings is 2. The van der Waals surface area contributed by atoms with Crippen LogP contribution < -0.4 is 0 Å². The van der Waals surface area contributed by atoms with Crippen LogP contribution in [-0.4, -0.2) is 0 Å². The van der Waals surface area contributed by atoms with Crippen LogP contribution in [0.3, 0.4) is 0 Å². The number of hydrogen-bond acceptors (Lipinski definition) is 0. The molecule has 0 saturated carbocycles. The van der Waals surface area contributed by atoms with E-state index in [1.54, 1.807) is 0 Å². The van der Waals surface area contributed by atoms with Crippen LogP contribution >= 0.6 is 11.6 Å². The molecular weight excluding hydrogens is 311 g/mol. The van der Waals surface area contributed by atoms with Crippen LogP contribution in [0.4, 0.5) is 22.0 Å². The van der Waals surface area contributed by atoms with Crippen LogP contribution in [0, 0.1) is 11.6 Å². The second kappa shape index (κ2) is 6.02. The van der Waals surface area contributed by atoms with Gasteiger partial charge in [0.1, 0.15) is 11.6 Å². The van der Waals surface area contributed by atoms with Crippen molar-refractivity contribution in [1.29, 1.82) is 0 Å². The summed E-state index contributed by atoms with van der Waals surface area (Å²) in [5.41, 5.74) is -0.964. The van der Waals surface area contributed by atoms with Gasteiger partial charge < -0.3 is 0 Å². The highest BCUT2D eigenvalue weighted by molar-refractivity contribution is 6.21. The first-order chi connectivity index (χ1) is 9.79. The molecule has 0 heterocycles. The Labute approximate surface area is 123 Å². The van der Waals surface area contributed by atoms with Gasteiger partial charge in [-0.2, -0.15) is 13.2 Å². The molecule has 2 aromatic rings. The summed E-state index contributed by atoms with van der Waals surface area (Å²) < 4.78 is 64.6. The zero-order chi connectivity index (χ0) is 15.6. The van der Waals surface area contributed by atoms with E-state index in [1.807, 2.05) is 0 Å². The van der Waals surface area contributed by atoms with E-state index in [9.17, 15) is 22.0 Å². The largest absolute Gasteiger partial charge is 0.419 e. The molecule has 2 rings (SSSR count). The molecule has 112 valence electrons. The second-order valence-electron chi connectivity index (χ2n) is 4.50. The summed E-state index contributed by atoms with van der Waals surface area (Å²) in [5.74, 6) is -1.80. The number of hydrogen-bond donors (Lipinski definition) is 0. The van der Waals surface area contributed by atoms with Gasteiger partial charge in [0.25, 0.3) is 0 Å². The zero-order valence-corrected chi connectivity index (χ0v) is 11.3. The quantitative estimate of drug-likeness (QED) is 0.517. The highest BCUT2D eigenvalue weighted by Gasteiger charge is 2.35. The van der Waals surface area contributed by atoms with Gasteiger partial charge in [-0.25, -0.2) is 8.78 Å². The number of alkyl halides is 4. The highest BCUT2D eigenvalue weighted by atomic mass is 35.5. The molecule has 1 unspecified atom stereocenters. The molecule has 0 aliphatic carbocycles. The first-order valence-corrected chi connectivity index (χ1v) is 6.47. The van der Waals surface area contributed by atoms with Crippen molar-refractivity contribution in [1.82, 2.24) is 0 Å². The summed E-state index contributed by atoms with van der Waals surface area (Å²) in [5, 5.41) is -0.974. The van der Waals surface area contributed by atoms with Gasteiger partial charge in [-0.05, 0) is 30.2 Å². The molecule has 0 aliphatic rings. The third kappa shape index (κ3) is 3.73. The lowest BCUT2D eigenvalue weighted by molar-refractivity contribution is -0.140. The van der Waals surface area contributed by atoms with Crippen LogP contribution in [0.15, 0.2) is 42.5 Å². The van der Waals surface area contributed by atoms with E-state index in [4.69, 9.17) is 11.6 Å². The molecule has 0 fully saturated rings. The van der Waals surface area contributed by atoms with Gasteiger partial charge in [0.2, 0.25) is 0 Å². The predicted octanol–water partition coefficient (Wildman–Crippen LogP) is 5.51. The van der Waals surface area contributed by atoms with E-state index in [2.05, 4.69) is 0 Å². The van der Waals surface area contributed by atoms with Crippen LogP contribution in [0.2, 0.25) is 0 Å². The van der Waals surface area contributed by atoms with Crippen molar-refractivity contribution < 1.29 is 22.0 Å². The average Bonchev–Trinajstić information content (AvgIpc) is 2.40. The fourth-order valence-corrected chi connectivity index (χ4v) is 2.29. The Hall–Kier alpha value is -1.62. The lowest BCUT2D eigenvalue weighted by atomic mass is 10.0. The van der Waals surface area contributed by atoms with Gasteiger partial charge in [0, 0.05) is 5.56 Å². The molecule has 0 saturated heterocycles. The Balaban J connectivity index is 2.27. The standard InChI is InChI=1S/C15H10ClF5/c16-13(8-9-4-6-10(17)7-5-9)11-2-1-3-12(14(11)18)15(19,20)21/h1-7,13H,8H2. The van der Waals surface area contributed by atoms with Crippen molar-refractivity contribution >= 4 is 11.6 Å². The number of halogens is 6. The van der Waals surface area contributed by atoms with Crippen molar-refractivity contribution in [3.8, 4) is 0 Å². The molecule has 0 N–H and O–H groups in total. The smallest absolute Gasteiger partial charge is 0.207 e. The maximum absolute atomic E-state index is 13.9. The summed E-state index contributed by atoms with van der Waals surface area (Å²) in [7, 11) is 0. The van der Waals surface area contributed by atoms with Gasteiger partial charge in [-0.1, -0.05) is 24.3 Å². The van der Waals surface area contributed by atoms with Gasteiger partial charge >= 0.3 is 6.18 Å². The van der Waals surface area contributed by atoms with Crippen molar-refractivity contribution in [2.75, 3.05) is 0 Å². The Morgan fingerprint density at radius 2 is 1.57 bits per heavy atom. The highest BCUT2D eigenvalue weighted by Crippen LogP contribution is 2.36. The fraction of sp³-hybridized carbons (Fsp3) is 0.200. The lowest BCUT2D eigenvalue weighted by Crippen LogP contribution is -2.11. The van der Waals surface area contributed by atoms with E-state index < -0.39 is 28.8 Å². The maximum atomic E-state index is 13.9. The lowest BCUT2D eigenvalue weighted by Gasteiger charge is -2.15. The molecule has 1 atom stereocenters. The van der Waals surface area contributed by atoms with Crippen LogP contribution in [-0.2, 0) is 12.6 Å². The monoisotopic (exact) mass is 320 g/mol. The zero-order valence-electron chi connectivity index (χ0n) is 10.6. The summed E-state index contributed by atoms with van der Waals surface area (Å²) in [6, 6.07) is 8.32. The van der Waals surface area contributed by atoms with Crippen molar-refractivity contribution in [2.45, 2.75) is 18.0 Å². The van der Waals surface area contributed by atoms with Crippen molar-refractivity contribution in [2.24, 2.45) is 0 Å². The Morgan fingerprint density at radius 3 is 2.14 bits per heavy atom. The van der Waals surface area contributed by atoms with Crippen LogP contribution in [0.5, 0.6) is 0 Å². The topological polar surface area (TPSA) is 0 Å². The van der Waals surface area contributed by atoms with Gasteiger partial charge in [-0.15, -0.1) is 11.6 Å². The molecular formula is C15H10ClF5. The summed E-state index contributed by atoms with van der Waals surface area (Å²) in [4.78, 5) is 0. The normalized spacial score (nSPS) is 13.2. The van der Waals surface area contributed by atoms with E-state index >= 15 is 0 Å². The van der Waals surface area contributed by atoms with E-state index in [0.29, 0.717) is 11.6 Å². The maximum Gasteiger partial charge on any atom is 0.419 e.